The van der Waals surface area contributed by atoms with Gasteiger partial charge in [-0.05, 0) is 82.1 Å². The molecule has 0 bridgehead atoms. The molecule has 0 aliphatic rings. The van der Waals surface area contributed by atoms with Crippen LogP contribution in [0.4, 0.5) is 21.5 Å². The Morgan fingerprint density at radius 1 is 0.440 bits per heavy atom. The molecule has 2 aromatic heterocycles. The van der Waals surface area contributed by atoms with Gasteiger partial charge in [0.25, 0.3) is 0 Å². The molecule has 0 saturated carbocycles. The van der Waals surface area contributed by atoms with Crippen LogP contribution < -0.4 is 4.90 Å². The standard InChI is InChI=1S/C46H28FNOS/c47-41-19-4-1-14-35(41)40-18-9-11-29-10-8-17-34(46(29)40)30-12-7-13-31(26-30)48(32-22-24-37-36-15-2-5-20-42(36)49-43(37)27-32)33-23-25-39-38-16-3-6-21-44(38)50-45(39)28-33/h1-28H. The molecule has 0 radical (unpaired) electrons. The predicted octanol–water partition coefficient (Wildman–Crippen LogP) is 14.0. The lowest BCUT2D eigenvalue weighted by Gasteiger charge is -2.26. The van der Waals surface area contributed by atoms with Crippen LogP contribution in [0.1, 0.15) is 0 Å². The number of fused-ring (bicyclic) bond motifs is 7. The van der Waals surface area contributed by atoms with Gasteiger partial charge in [0.1, 0.15) is 17.0 Å². The largest absolute Gasteiger partial charge is 0.456 e. The highest BCUT2D eigenvalue weighted by Crippen LogP contribution is 2.44. The van der Waals surface area contributed by atoms with E-state index in [0.29, 0.717) is 5.56 Å². The lowest BCUT2D eigenvalue weighted by molar-refractivity contribution is 0.631. The second-order valence-electron chi connectivity index (χ2n) is 12.6. The molecular formula is C46H28FNOS. The van der Waals surface area contributed by atoms with Crippen molar-refractivity contribution >= 4 is 81.3 Å². The van der Waals surface area contributed by atoms with E-state index in [1.165, 1.54) is 26.2 Å². The van der Waals surface area contributed by atoms with Crippen LogP contribution >= 0.6 is 11.3 Å². The number of anilines is 3. The fourth-order valence-corrected chi connectivity index (χ4v) is 8.59. The Balaban J connectivity index is 1.19. The number of thiophene rings is 1. The van der Waals surface area contributed by atoms with Crippen LogP contribution in [-0.4, -0.2) is 0 Å². The zero-order valence-corrected chi connectivity index (χ0v) is 27.6. The van der Waals surface area contributed by atoms with E-state index in [0.717, 1.165) is 66.5 Å². The lowest BCUT2D eigenvalue weighted by atomic mass is 9.91. The van der Waals surface area contributed by atoms with Crippen LogP contribution in [-0.2, 0) is 0 Å². The van der Waals surface area contributed by atoms with Crippen LogP contribution in [0.15, 0.2) is 174 Å². The molecule has 4 heteroatoms. The van der Waals surface area contributed by atoms with Gasteiger partial charge >= 0.3 is 0 Å². The third kappa shape index (κ3) is 4.61. The maximum Gasteiger partial charge on any atom is 0.137 e. The number of nitrogens with zero attached hydrogens (tertiary/aromatic N) is 1. The fraction of sp³-hybridized carbons (Fsp3) is 0. The summed E-state index contributed by atoms with van der Waals surface area (Å²) in [5.74, 6) is -0.229. The molecule has 0 unspecified atom stereocenters. The monoisotopic (exact) mass is 661 g/mol. The van der Waals surface area contributed by atoms with Crippen molar-refractivity contribution in [2.24, 2.45) is 0 Å². The Labute approximate surface area is 291 Å². The van der Waals surface area contributed by atoms with Crippen molar-refractivity contribution in [2.75, 3.05) is 4.90 Å². The van der Waals surface area contributed by atoms with Gasteiger partial charge in [0, 0.05) is 59.6 Å². The van der Waals surface area contributed by atoms with Crippen molar-refractivity contribution in [1.82, 2.24) is 0 Å². The van der Waals surface area contributed by atoms with E-state index >= 15 is 4.39 Å². The lowest BCUT2D eigenvalue weighted by Crippen LogP contribution is -2.09. The summed E-state index contributed by atoms with van der Waals surface area (Å²) in [7, 11) is 0. The summed E-state index contributed by atoms with van der Waals surface area (Å²) in [5.41, 5.74) is 8.37. The van der Waals surface area contributed by atoms with Crippen LogP contribution in [0.5, 0.6) is 0 Å². The quantitative estimate of drug-likeness (QED) is 0.182. The molecule has 0 amide bonds. The molecule has 2 nitrogen and oxygen atoms in total. The summed E-state index contributed by atoms with van der Waals surface area (Å²) in [6.45, 7) is 0. The summed E-state index contributed by atoms with van der Waals surface area (Å²) in [6.07, 6.45) is 0. The van der Waals surface area contributed by atoms with E-state index in [2.05, 4.69) is 120 Å². The molecule has 0 saturated heterocycles. The molecule has 8 aromatic carbocycles. The van der Waals surface area contributed by atoms with Crippen LogP contribution in [0.2, 0.25) is 0 Å². The minimum absolute atomic E-state index is 0.229. The number of hydrogen-bond acceptors (Lipinski definition) is 3. The third-order valence-corrected chi connectivity index (χ3v) is 10.9. The second-order valence-corrected chi connectivity index (χ2v) is 13.7. The predicted molar refractivity (Wildman–Crippen MR) is 210 cm³/mol. The van der Waals surface area contributed by atoms with Gasteiger partial charge in [0.2, 0.25) is 0 Å². The number of furan rings is 1. The molecule has 0 N–H and O–H groups in total. The number of benzene rings is 8. The van der Waals surface area contributed by atoms with Gasteiger partial charge in [0.05, 0.1) is 0 Å². The van der Waals surface area contributed by atoms with Crippen molar-refractivity contribution in [2.45, 2.75) is 0 Å². The van der Waals surface area contributed by atoms with E-state index in [1.54, 1.807) is 6.07 Å². The smallest absolute Gasteiger partial charge is 0.137 e. The van der Waals surface area contributed by atoms with Crippen molar-refractivity contribution < 1.29 is 8.81 Å². The first kappa shape index (κ1) is 28.8. The van der Waals surface area contributed by atoms with E-state index in [1.807, 2.05) is 53.8 Å². The highest BCUT2D eigenvalue weighted by Gasteiger charge is 2.19. The van der Waals surface area contributed by atoms with E-state index in [9.17, 15) is 0 Å². The molecule has 0 aliphatic carbocycles. The van der Waals surface area contributed by atoms with Gasteiger partial charge in [-0.25, -0.2) is 4.39 Å². The maximum atomic E-state index is 15.2. The molecule has 0 atom stereocenters. The fourth-order valence-electron chi connectivity index (χ4n) is 7.45. The number of para-hydroxylation sites is 1. The van der Waals surface area contributed by atoms with Crippen molar-refractivity contribution in [3.8, 4) is 22.3 Å². The SMILES string of the molecule is Fc1ccccc1-c1cccc2cccc(-c3cccc(N(c4ccc5c(c4)oc4ccccc45)c4ccc5c(c4)sc4ccccc45)c3)c12. The van der Waals surface area contributed by atoms with Crippen LogP contribution in [0.3, 0.4) is 0 Å². The molecule has 2 heterocycles. The second kappa shape index (κ2) is 11.4. The highest BCUT2D eigenvalue weighted by molar-refractivity contribution is 7.25. The first-order chi connectivity index (χ1) is 24.7. The van der Waals surface area contributed by atoms with Crippen LogP contribution in [0.25, 0.3) is 75.1 Å². The molecule has 50 heavy (non-hydrogen) atoms. The zero-order chi connectivity index (χ0) is 33.2. The first-order valence-corrected chi connectivity index (χ1v) is 17.5. The summed E-state index contributed by atoms with van der Waals surface area (Å²) in [5, 5.41) is 6.82. The summed E-state index contributed by atoms with van der Waals surface area (Å²) >= 11 is 1.82. The van der Waals surface area contributed by atoms with Gasteiger partial charge in [-0.2, -0.15) is 0 Å². The van der Waals surface area contributed by atoms with Gasteiger partial charge in [-0.1, -0.05) is 109 Å². The molecule has 10 aromatic rings. The highest BCUT2D eigenvalue weighted by atomic mass is 32.1. The minimum atomic E-state index is -0.229. The zero-order valence-electron chi connectivity index (χ0n) is 26.8. The first-order valence-electron chi connectivity index (χ1n) is 16.7. The third-order valence-electron chi connectivity index (χ3n) is 9.73. The summed E-state index contributed by atoms with van der Waals surface area (Å²) in [4.78, 5) is 2.31. The average molecular weight is 662 g/mol. The number of hydrogen-bond donors (Lipinski definition) is 0. The van der Waals surface area contributed by atoms with E-state index < -0.39 is 0 Å². The molecule has 10 rings (SSSR count). The molecule has 0 fully saturated rings. The molecule has 236 valence electrons. The normalized spacial score (nSPS) is 11.7. The number of halogens is 1. The maximum absolute atomic E-state index is 15.2. The van der Waals surface area contributed by atoms with E-state index in [-0.39, 0.29) is 5.82 Å². The Bertz CT molecular complexity index is 2800. The average Bonchev–Trinajstić information content (AvgIpc) is 3.72. The van der Waals surface area contributed by atoms with Crippen molar-refractivity contribution in [1.29, 1.82) is 0 Å². The Hall–Kier alpha value is -6.23. The van der Waals surface area contributed by atoms with Crippen LogP contribution in [0, 0.1) is 5.82 Å². The van der Waals surface area contributed by atoms with E-state index in [4.69, 9.17) is 4.42 Å². The number of rotatable bonds is 5. The van der Waals surface area contributed by atoms with Gasteiger partial charge < -0.3 is 9.32 Å². The van der Waals surface area contributed by atoms with Crippen molar-refractivity contribution in [3.63, 3.8) is 0 Å². The minimum Gasteiger partial charge on any atom is -0.456 e. The Morgan fingerprint density at radius 3 is 1.96 bits per heavy atom. The molecular weight excluding hydrogens is 634 g/mol. The van der Waals surface area contributed by atoms with Crippen molar-refractivity contribution in [3.05, 3.63) is 176 Å². The van der Waals surface area contributed by atoms with Gasteiger partial charge in [-0.15, -0.1) is 11.3 Å². The topological polar surface area (TPSA) is 16.4 Å². The summed E-state index contributed by atoms with van der Waals surface area (Å²) in [6, 6.07) is 58.1. The summed E-state index contributed by atoms with van der Waals surface area (Å²) < 4.78 is 24.1. The van der Waals surface area contributed by atoms with Gasteiger partial charge in [-0.3, -0.25) is 0 Å². The molecule has 0 aliphatic heterocycles. The van der Waals surface area contributed by atoms with Gasteiger partial charge in [0.15, 0.2) is 0 Å². The molecule has 0 spiro atoms. The Morgan fingerprint density at radius 2 is 1.08 bits per heavy atom. The Kier molecular flexibility index (Phi) is 6.58.